The molecule has 0 radical (unpaired) electrons. The largest absolute Gasteiger partial charge is 0.466 e. The summed E-state index contributed by atoms with van der Waals surface area (Å²) in [6.45, 7) is 13.4. The lowest BCUT2D eigenvalue weighted by molar-refractivity contribution is -0.150. The van der Waals surface area contributed by atoms with Crippen molar-refractivity contribution in [2.75, 3.05) is 13.7 Å². The lowest BCUT2D eigenvalue weighted by Crippen LogP contribution is -2.41. The first kappa shape index (κ1) is 38.1. The number of nitrogens with zero attached hydrogens (tertiary/aromatic N) is 1. The van der Waals surface area contributed by atoms with Crippen LogP contribution in [-0.4, -0.2) is 77.0 Å². The highest BCUT2D eigenvalue weighted by atomic mass is 16.6. The number of esters is 2. The van der Waals surface area contributed by atoms with E-state index in [0.29, 0.717) is 18.7 Å². The first-order valence-corrected chi connectivity index (χ1v) is 16.5. The van der Waals surface area contributed by atoms with Crippen LogP contribution in [0.1, 0.15) is 78.8 Å². The molecule has 2 aliphatic heterocycles. The first-order valence-electron chi connectivity index (χ1n) is 16.5. The van der Waals surface area contributed by atoms with Crippen molar-refractivity contribution in [1.82, 2.24) is 4.98 Å². The molecule has 0 amide bonds. The van der Waals surface area contributed by atoms with Gasteiger partial charge in [0, 0.05) is 44.8 Å². The third kappa shape index (κ3) is 11.4. The number of hydrogen-bond acceptors (Lipinski definition) is 10. The van der Waals surface area contributed by atoms with Crippen LogP contribution in [-0.2, 0) is 28.5 Å². The number of aliphatic hydroxyl groups is 2. The van der Waals surface area contributed by atoms with E-state index in [2.05, 4.69) is 4.98 Å². The van der Waals surface area contributed by atoms with E-state index >= 15 is 0 Å². The van der Waals surface area contributed by atoms with Crippen LogP contribution in [0.4, 0.5) is 0 Å². The van der Waals surface area contributed by atoms with Crippen molar-refractivity contribution in [3.05, 3.63) is 71.5 Å². The van der Waals surface area contributed by atoms with Crippen molar-refractivity contribution in [1.29, 1.82) is 0 Å². The fraction of sp³-hybridized carbons (Fsp3) is 0.595. The second-order valence-electron chi connectivity index (χ2n) is 13.0. The van der Waals surface area contributed by atoms with Crippen LogP contribution in [0.3, 0.4) is 0 Å². The fourth-order valence-electron chi connectivity index (χ4n) is 5.97. The number of aliphatic hydroxyl groups excluding tert-OH is 2. The molecule has 0 spiro atoms. The zero-order valence-electron chi connectivity index (χ0n) is 29.0. The quantitative estimate of drug-likeness (QED) is 0.137. The molecule has 0 aliphatic carbocycles. The number of rotatable bonds is 10. The number of epoxide rings is 1. The van der Waals surface area contributed by atoms with Gasteiger partial charge in [0.2, 0.25) is 0 Å². The summed E-state index contributed by atoms with van der Waals surface area (Å²) in [6.07, 6.45) is 14.0. The van der Waals surface area contributed by atoms with Gasteiger partial charge in [-0.05, 0) is 63.7 Å². The number of allylic oxidation sites excluding steroid dienone is 5. The van der Waals surface area contributed by atoms with Gasteiger partial charge in [-0.2, -0.15) is 0 Å². The maximum Gasteiger partial charge on any atom is 0.330 e. The minimum Gasteiger partial charge on any atom is -0.466 e. The zero-order chi connectivity index (χ0) is 34.7. The molecule has 1 aromatic rings. The van der Waals surface area contributed by atoms with E-state index < -0.39 is 36.0 Å². The molecular formula is C37H53NO9. The number of oxazole rings is 1. The summed E-state index contributed by atoms with van der Waals surface area (Å²) in [4.78, 5) is 29.7. The van der Waals surface area contributed by atoms with Gasteiger partial charge in [-0.3, -0.25) is 4.79 Å². The van der Waals surface area contributed by atoms with Crippen LogP contribution in [0.2, 0.25) is 0 Å². The normalized spacial score (nSPS) is 30.9. The van der Waals surface area contributed by atoms with E-state index in [9.17, 15) is 19.8 Å². The van der Waals surface area contributed by atoms with E-state index in [1.54, 1.807) is 33.3 Å². The van der Waals surface area contributed by atoms with Crippen LogP contribution >= 0.6 is 0 Å². The number of ether oxygens (including phenoxy) is 4. The van der Waals surface area contributed by atoms with Gasteiger partial charge in [-0.25, -0.2) is 9.78 Å². The molecule has 0 bridgehead atoms. The van der Waals surface area contributed by atoms with Gasteiger partial charge in [-0.1, -0.05) is 50.3 Å². The Morgan fingerprint density at radius 3 is 2.64 bits per heavy atom. The average molecular weight is 656 g/mol. The summed E-state index contributed by atoms with van der Waals surface area (Å²) in [5.41, 5.74) is 1.78. The van der Waals surface area contributed by atoms with Crippen molar-refractivity contribution in [3.63, 3.8) is 0 Å². The number of carbonyl (C=O) groups is 2. The van der Waals surface area contributed by atoms with Crippen molar-refractivity contribution >= 4 is 18.0 Å². The fourth-order valence-corrected chi connectivity index (χ4v) is 5.97. The second-order valence-corrected chi connectivity index (χ2v) is 13.0. The molecule has 3 heterocycles. The molecule has 47 heavy (non-hydrogen) atoms. The molecule has 1 aromatic heterocycles. The van der Waals surface area contributed by atoms with E-state index in [1.807, 2.05) is 71.1 Å². The minimum absolute atomic E-state index is 0.126. The summed E-state index contributed by atoms with van der Waals surface area (Å²) >= 11 is 0. The summed E-state index contributed by atoms with van der Waals surface area (Å²) in [6, 6.07) is 0. The Morgan fingerprint density at radius 1 is 1.23 bits per heavy atom. The molecule has 2 N–H and O–H groups in total. The number of aromatic nitrogens is 1. The summed E-state index contributed by atoms with van der Waals surface area (Å²) in [5, 5.41) is 22.2. The number of cyclic esters (lactones) is 1. The van der Waals surface area contributed by atoms with E-state index in [4.69, 9.17) is 23.4 Å². The summed E-state index contributed by atoms with van der Waals surface area (Å²) in [5.74, 6) is -1.07. The number of fused-ring (bicyclic) bond motifs is 1. The Morgan fingerprint density at radius 2 is 1.98 bits per heavy atom. The van der Waals surface area contributed by atoms with Gasteiger partial charge < -0.3 is 33.6 Å². The highest BCUT2D eigenvalue weighted by Gasteiger charge is 2.57. The second kappa shape index (κ2) is 17.7. The predicted molar refractivity (Wildman–Crippen MR) is 179 cm³/mol. The molecule has 10 heteroatoms. The van der Waals surface area contributed by atoms with Crippen LogP contribution < -0.4 is 0 Å². The predicted octanol–water partition coefficient (Wildman–Crippen LogP) is 5.83. The molecule has 10 nitrogen and oxygen atoms in total. The average Bonchev–Trinajstić information content (AvgIpc) is 3.51. The monoisotopic (exact) mass is 655 g/mol. The highest BCUT2D eigenvalue weighted by molar-refractivity contribution is 5.82. The first-order chi connectivity index (χ1) is 22.3. The van der Waals surface area contributed by atoms with Crippen molar-refractivity contribution in [3.8, 4) is 0 Å². The van der Waals surface area contributed by atoms with Gasteiger partial charge in [-0.15, -0.1) is 0 Å². The Bertz CT molecular complexity index is 1340. The van der Waals surface area contributed by atoms with E-state index in [1.165, 1.54) is 6.08 Å². The third-order valence-corrected chi connectivity index (χ3v) is 9.03. The Balaban J connectivity index is 1.82. The number of carbonyl (C=O) groups excluding carboxylic acids is 2. The minimum atomic E-state index is -0.932. The van der Waals surface area contributed by atoms with Crippen LogP contribution in [0.5, 0.6) is 0 Å². The summed E-state index contributed by atoms with van der Waals surface area (Å²) < 4.78 is 28.2. The summed E-state index contributed by atoms with van der Waals surface area (Å²) in [7, 11) is 1.61. The van der Waals surface area contributed by atoms with Gasteiger partial charge in [0.25, 0.3) is 0 Å². The lowest BCUT2D eigenvalue weighted by Gasteiger charge is -2.32. The maximum absolute atomic E-state index is 13.1. The van der Waals surface area contributed by atoms with Crippen molar-refractivity contribution < 1.29 is 43.2 Å². The molecule has 1 unspecified atom stereocenters. The van der Waals surface area contributed by atoms with Gasteiger partial charge in [0.15, 0.2) is 5.89 Å². The lowest BCUT2D eigenvalue weighted by atomic mass is 9.85. The van der Waals surface area contributed by atoms with E-state index in [0.717, 1.165) is 16.8 Å². The number of hydrogen-bond donors (Lipinski definition) is 2. The van der Waals surface area contributed by atoms with Gasteiger partial charge in [0.05, 0.1) is 24.9 Å². The van der Waals surface area contributed by atoms with E-state index in [-0.39, 0.29) is 49.3 Å². The standard InChI is InChI=1S/C37H53NO9/c1-9-44-35(42)20-28-14-11-15-34(41)46-31(21-32(40)37(7)33(47-37)17-16-24(3)30(39)19-28)26(5)36(43-8)25(4)13-10-12-23(2)18-29-22-45-27(6)38-29/h10-13,15-18,22,24,26,28,30-33,36,39-40H,9,14,19-21H2,1-8H3/t24-,26+,28-,30-,31?,32+,33-,36+,37+/m1/s1. The third-order valence-electron chi connectivity index (χ3n) is 9.03. The van der Waals surface area contributed by atoms with Crippen molar-refractivity contribution in [2.45, 2.75) is 110 Å². The van der Waals surface area contributed by atoms with Crippen LogP contribution in [0, 0.1) is 24.7 Å². The molecule has 0 aromatic carbocycles. The smallest absolute Gasteiger partial charge is 0.330 e. The molecule has 260 valence electrons. The molecule has 9 atom stereocenters. The van der Waals surface area contributed by atoms with Gasteiger partial charge >= 0.3 is 11.9 Å². The topological polar surface area (TPSA) is 141 Å². The van der Waals surface area contributed by atoms with Crippen LogP contribution in [0.25, 0.3) is 6.08 Å². The molecule has 1 fully saturated rings. The zero-order valence-corrected chi connectivity index (χ0v) is 29.0. The molecule has 3 rings (SSSR count). The SMILES string of the molecule is CCOC(=O)C[C@@H]1CC=CC(=O)OC([C@H](C)[C@@H](OC)C(C)=CC=CC(C)=Cc2coc(C)n2)C[C@H](O)[C@]2(C)O[C@@H]2C=C[C@@H](C)[C@H](O)C1. The van der Waals surface area contributed by atoms with Gasteiger partial charge in [0.1, 0.15) is 29.8 Å². The van der Waals surface area contributed by atoms with Crippen LogP contribution in [0.15, 0.2) is 64.4 Å². The number of methoxy groups -OCH3 is 1. The Hall–Kier alpha value is -3.31. The molecule has 0 saturated carbocycles. The molecular weight excluding hydrogens is 602 g/mol. The molecule has 2 aliphatic rings. The number of aryl methyl sites for hydroxylation is 1. The Labute approximate surface area is 279 Å². The Kier molecular flexibility index (Phi) is 14.4. The maximum atomic E-state index is 13.1. The molecule has 1 saturated heterocycles. The highest BCUT2D eigenvalue weighted by Crippen LogP contribution is 2.43. The van der Waals surface area contributed by atoms with Crippen molar-refractivity contribution in [2.24, 2.45) is 17.8 Å².